The van der Waals surface area contributed by atoms with E-state index in [1.807, 2.05) is 52.8 Å². The number of rotatable bonds is 6. The number of ether oxygens (including phenoxy) is 1. The average Bonchev–Trinajstić information content (AvgIpc) is 3.45. The summed E-state index contributed by atoms with van der Waals surface area (Å²) in [7, 11) is 0. The number of carbonyl (C=O) groups is 2. The van der Waals surface area contributed by atoms with Crippen LogP contribution in [0.2, 0.25) is 5.02 Å². The van der Waals surface area contributed by atoms with Crippen LogP contribution in [-0.2, 0) is 4.74 Å². The van der Waals surface area contributed by atoms with Crippen molar-refractivity contribution in [3.8, 4) is 0 Å². The molecule has 2 aromatic carbocycles. The van der Waals surface area contributed by atoms with Crippen molar-refractivity contribution in [3.05, 3.63) is 76.1 Å². The van der Waals surface area contributed by atoms with E-state index >= 15 is 0 Å². The number of aromatic amines is 1. The van der Waals surface area contributed by atoms with Crippen LogP contribution in [0, 0.1) is 6.92 Å². The highest BCUT2D eigenvalue weighted by Crippen LogP contribution is 2.26. The first-order chi connectivity index (χ1) is 16.5. The summed E-state index contributed by atoms with van der Waals surface area (Å²) in [4.78, 5) is 35.8. The molecule has 2 N–H and O–H groups in total. The van der Waals surface area contributed by atoms with Gasteiger partial charge >= 0.3 is 0 Å². The summed E-state index contributed by atoms with van der Waals surface area (Å²) in [5.74, 6) is 0.269. The Labute approximate surface area is 210 Å². The zero-order valence-corrected chi connectivity index (χ0v) is 21.4. The molecule has 7 nitrogen and oxygen atoms in total. The molecule has 0 saturated carbocycles. The molecule has 0 radical (unpaired) electrons. The SMILES string of the molecule is Cc1cc(C(=O)N[C@H](c2nc3ccc(Cl)cc3[nH]2)[C@H](C)OC(C)(C)C)ccc1C(=O)N1CC=CC1. The molecule has 2 atom stereocenters. The largest absolute Gasteiger partial charge is 0.370 e. The van der Waals surface area contributed by atoms with Crippen LogP contribution in [0.1, 0.15) is 65.8 Å². The van der Waals surface area contributed by atoms with Crippen molar-refractivity contribution in [2.24, 2.45) is 0 Å². The van der Waals surface area contributed by atoms with Crippen LogP contribution in [0.4, 0.5) is 0 Å². The lowest BCUT2D eigenvalue weighted by molar-refractivity contribution is -0.0668. The van der Waals surface area contributed by atoms with Crippen LogP contribution in [-0.4, -0.2) is 51.5 Å². The number of H-pyrrole nitrogens is 1. The maximum atomic E-state index is 13.3. The van der Waals surface area contributed by atoms with Crippen LogP contribution in [0.15, 0.2) is 48.6 Å². The van der Waals surface area contributed by atoms with Crippen molar-refractivity contribution >= 4 is 34.4 Å². The Morgan fingerprint density at radius 1 is 1.14 bits per heavy atom. The second kappa shape index (κ2) is 9.84. The Kier molecular flexibility index (Phi) is 7.01. The van der Waals surface area contributed by atoms with Crippen molar-refractivity contribution in [1.82, 2.24) is 20.2 Å². The molecule has 184 valence electrons. The Morgan fingerprint density at radius 2 is 1.86 bits per heavy atom. The van der Waals surface area contributed by atoms with E-state index in [1.165, 1.54) is 0 Å². The van der Waals surface area contributed by atoms with Gasteiger partial charge in [0.05, 0.1) is 22.7 Å². The summed E-state index contributed by atoms with van der Waals surface area (Å²) >= 11 is 6.14. The molecule has 0 spiro atoms. The molecule has 2 amide bonds. The fourth-order valence-electron chi connectivity index (χ4n) is 4.27. The monoisotopic (exact) mass is 494 g/mol. The number of fused-ring (bicyclic) bond motifs is 1. The lowest BCUT2D eigenvalue weighted by atomic mass is 10.0. The molecule has 0 aliphatic carbocycles. The first kappa shape index (κ1) is 24.9. The normalized spacial score (nSPS) is 15.4. The van der Waals surface area contributed by atoms with Gasteiger partial charge in [-0.2, -0.15) is 0 Å². The summed E-state index contributed by atoms with van der Waals surface area (Å²) < 4.78 is 6.19. The minimum absolute atomic E-state index is 0.0366. The van der Waals surface area contributed by atoms with Crippen molar-refractivity contribution < 1.29 is 14.3 Å². The van der Waals surface area contributed by atoms with Crippen LogP contribution in [0.25, 0.3) is 11.0 Å². The summed E-state index contributed by atoms with van der Waals surface area (Å²) in [6, 6.07) is 10.0. The number of benzene rings is 2. The molecule has 1 aliphatic rings. The number of amides is 2. The first-order valence-corrected chi connectivity index (χ1v) is 12.1. The smallest absolute Gasteiger partial charge is 0.254 e. The first-order valence-electron chi connectivity index (χ1n) is 11.7. The number of nitrogens with one attached hydrogen (secondary N) is 2. The van der Waals surface area contributed by atoms with Crippen molar-refractivity contribution in [3.63, 3.8) is 0 Å². The summed E-state index contributed by atoms with van der Waals surface area (Å²) in [6.45, 7) is 10.9. The molecular weight excluding hydrogens is 464 g/mol. The standard InChI is InChI=1S/C27H31ClN4O3/c1-16-14-18(8-10-20(16)26(34)32-12-6-7-13-32)25(33)31-23(17(2)35-27(3,4)5)24-29-21-11-9-19(28)15-22(21)30-24/h6-11,14-15,17,23H,12-13H2,1-5H3,(H,29,30)(H,31,33)/t17-,23-/m0/s1. The van der Waals surface area contributed by atoms with Crippen molar-refractivity contribution in [1.29, 1.82) is 0 Å². The number of halogens is 1. The van der Waals surface area contributed by atoms with Crippen LogP contribution < -0.4 is 5.32 Å². The Balaban J connectivity index is 1.60. The van der Waals surface area contributed by atoms with E-state index in [0.29, 0.717) is 35.1 Å². The molecule has 1 aromatic heterocycles. The minimum atomic E-state index is -0.537. The van der Waals surface area contributed by atoms with Gasteiger partial charge < -0.3 is 19.9 Å². The molecule has 0 unspecified atom stereocenters. The highest BCUT2D eigenvalue weighted by atomic mass is 35.5. The molecule has 3 aromatic rings. The lowest BCUT2D eigenvalue weighted by Crippen LogP contribution is -2.40. The number of hydrogen-bond donors (Lipinski definition) is 2. The van der Waals surface area contributed by atoms with E-state index in [0.717, 1.165) is 16.6 Å². The van der Waals surface area contributed by atoms with Gasteiger partial charge in [0.15, 0.2) is 0 Å². The second-order valence-electron chi connectivity index (χ2n) is 9.88. The lowest BCUT2D eigenvalue weighted by Gasteiger charge is -2.30. The number of aryl methyl sites for hydroxylation is 1. The predicted molar refractivity (Wildman–Crippen MR) is 138 cm³/mol. The zero-order valence-electron chi connectivity index (χ0n) is 20.7. The van der Waals surface area contributed by atoms with Crippen LogP contribution >= 0.6 is 11.6 Å². The Bertz CT molecular complexity index is 1280. The highest BCUT2D eigenvalue weighted by molar-refractivity contribution is 6.31. The van der Waals surface area contributed by atoms with Crippen LogP contribution in [0.3, 0.4) is 0 Å². The molecule has 0 fully saturated rings. The Hall–Kier alpha value is -3.16. The number of carbonyl (C=O) groups excluding carboxylic acids is 2. The van der Waals surface area contributed by atoms with E-state index < -0.39 is 11.6 Å². The van der Waals surface area contributed by atoms with Gasteiger partial charge in [-0.15, -0.1) is 0 Å². The topological polar surface area (TPSA) is 87.3 Å². The van der Waals surface area contributed by atoms with E-state index in [1.54, 1.807) is 35.2 Å². The third-order valence-electron chi connectivity index (χ3n) is 5.88. The minimum Gasteiger partial charge on any atom is -0.370 e. The van der Waals surface area contributed by atoms with Gasteiger partial charge in [-0.1, -0.05) is 23.8 Å². The molecule has 1 aliphatic heterocycles. The number of aromatic nitrogens is 2. The van der Waals surface area contributed by atoms with Gasteiger partial charge in [-0.25, -0.2) is 4.98 Å². The average molecular weight is 495 g/mol. The fourth-order valence-corrected chi connectivity index (χ4v) is 4.44. The van der Waals surface area contributed by atoms with Gasteiger partial charge in [-0.3, -0.25) is 9.59 Å². The van der Waals surface area contributed by atoms with Crippen molar-refractivity contribution in [2.75, 3.05) is 13.1 Å². The molecular formula is C27H31ClN4O3. The third kappa shape index (κ3) is 5.74. The molecule has 0 bridgehead atoms. The van der Waals surface area contributed by atoms with Gasteiger partial charge in [0, 0.05) is 29.2 Å². The van der Waals surface area contributed by atoms with Gasteiger partial charge in [0.25, 0.3) is 11.8 Å². The summed E-state index contributed by atoms with van der Waals surface area (Å²) in [6.07, 6.45) is 3.57. The molecule has 2 heterocycles. The molecule has 35 heavy (non-hydrogen) atoms. The maximum Gasteiger partial charge on any atom is 0.254 e. The molecule has 0 saturated heterocycles. The molecule has 8 heteroatoms. The zero-order chi connectivity index (χ0) is 25.3. The van der Waals surface area contributed by atoms with Gasteiger partial charge in [-0.05, 0) is 76.6 Å². The van der Waals surface area contributed by atoms with Crippen molar-refractivity contribution in [2.45, 2.75) is 52.4 Å². The third-order valence-corrected chi connectivity index (χ3v) is 6.11. The molecule has 4 rings (SSSR count). The Morgan fingerprint density at radius 3 is 2.51 bits per heavy atom. The van der Waals surface area contributed by atoms with Gasteiger partial charge in [0.1, 0.15) is 11.9 Å². The summed E-state index contributed by atoms with van der Waals surface area (Å²) in [5.41, 5.74) is 2.93. The number of hydrogen-bond acceptors (Lipinski definition) is 4. The maximum absolute atomic E-state index is 13.3. The predicted octanol–water partition coefficient (Wildman–Crippen LogP) is 5.21. The quantitative estimate of drug-likeness (QED) is 0.460. The van der Waals surface area contributed by atoms with E-state index in [9.17, 15) is 9.59 Å². The highest BCUT2D eigenvalue weighted by Gasteiger charge is 2.29. The number of nitrogens with zero attached hydrogens (tertiary/aromatic N) is 2. The van der Waals surface area contributed by atoms with E-state index in [4.69, 9.17) is 16.3 Å². The number of imidazole rings is 1. The second-order valence-corrected chi connectivity index (χ2v) is 10.3. The van der Waals surface area contributed by atoms with Gasteiger partial charge in [0.2, 0.25) is 0 Å². The van der Waals surface area contributed by atoms with E-state index in [-0.39, 0.29) is 17.9 Å². The summed E-state index contributed by atoms with van der Waals surface area (Å²) in [5, 5.41) is 3.68. The fraction of sp³-hybridized carbons (Fsp3) is 0.370. The van der Waals surface area contributed by atoms with Crippen LogP contribution in [0.5, 0.6) is 0 Å². The van der Waals surface area contributed by atoms with E-state index in [2.05, 4.69) is 15.3 Å².